The van der Waals surface area contributed by atoms with Crippen LogP contribution in [0.1, 0.15) is 8.22 Å². The molecule has 0 aliphatic carbocycles. The molecule has 50 heavy (non-hydrogen) atoms. The normalized spacial score (nSPS) is 13.3. The third-order valence-electron chi connectivity index (χ3n) is 8.88. The highest BCUT2D eigenvalue weighted by molar-refractivity contribution is 7.26. The lowest BCUT2D eigenvalue weighted by atomic mass is 9.92. The van der Waals surface area contributed by atoms with Crippen molar-refractivity contribution in [1.29, 1.82) is 0 Å². The van der Waals surface area contributed by atoms with Gasteiger partial charge in [-0.3, -0.25) is 0 Å². The predicted molar refractivity (Wildman–Crippen MR) is 207 cm³/mol. The molecule has 3 heterocycles. The maximum absolute atomic E-state index is 9.63. The van der Waals surface area contributed by atoms with Gasteiger partial charge in [0.25, 0.3) is 0 Å². The van der Waals surface area contributed by atoms with Crippen molar-refractivity contribution in [1.82, 2.24) is 15.0 Å². The summed E-state index contributed by atoms with van der Waals surface area (Å²) in [5, 5.41) is 2.64. The number of thiophene rings is 1. The molecule has 10 aromatic rings. The summed E-state index contributed by atoms with van der Waals surface area (Å²) in [5.41, 5.74) is 5.62. The summed E-state index contributed by atoms with van der Waals surface area (Å²) in [7, 11) is 0. The molecule has 0 unspecified atom stereocenters. The molecule has 0 atom stereocenters. The van der Waals surface area contributed by atoms with E-state index < -0.39 is 0 Å². The first kappa shape index (κ1) is 23.0. The number of furan rings is 1. The van der Waals surface area contributed by atoms with Crippen LogP contribution in [0.2, 0.25) is 0 Å². The molecule has 0 amide bonds. The lowest BCUT2D eigenvalue weighted by molar-refractivity contribution is 0.669. The van der Waals surface area contributed by atoms with Crippen LogP contribution in [0.25, 0.3) is 98.5 Å². The molecule has 3 aromatic heterocycles. The minimum absolute atomic E-state index is 0.0506. The summed E-state index contributed by atoms with van der Waals surface area (Å²) in [4.78, 5) is 14.5. The van der Waals surface area contributed by atoms with Crippen molar-refractivity contribution in [3.8, 4) is 56.4 Å². The Balaban J connectivity index is 1.24. The molecule has 0 saturated heterocycles. The topological polar surface area (TPSA) is 51.8 Å². The van der Waals surface area contributed by atoms with E-state index in [2.05, 4.69) is 0 Å². The third-order valence-corrected chi connectivity index (χ3v) is 9.90. The number of hydrogen-bond acceptors (Lipinski definition) is 5. The Morgan fingerprint density at radius 2 is 1.12 bits per heavy atom. The van der Waals surface area contributed by atoms with Crippen LogP contribution in [0.15, 0.2) is 168 Å². The van der Waals surface area contributed by atoms with Gasteiger partial charge in [-0.2, -0.15) is 0 Å². The van der Waals surface area contributed by atoms with E-state index in [4.69, 9.17) is 22.1 Å². The van der Waals surface area contributed by atoms with Crippen molar-refractivity contribution in [3.63, 3.8) is 0 Å². The molecule has 4 nitrogen and oxygen atoms in total. The van der Waals surface area contributed by atoms with Gasteiger partial charge in [0, 0.05) is 47.6 Å². The van der Waals surface area contributed by atoms with Crippen LogP contribution in [-0.2, 0) is 0 Å². The third kappa shape index (κ3) is 4.79. The van der Waals surface area contributed by atoms with E-state index in [1.807, 2.05) is 127 Å². The second kappa shape index (κ2) is 11.6. The molecule has 0 spiro atoms. The molecule has 0 aliphatic heterocycles. The maximum atomic E-state index is 9.63. The van der Waals surface area contributed by atoms with E-state index in [0.717, 1.165) is 38.8 Å². The number of para-hydroxylation sites is 1. The minimum atomic E-state index is -0.263. The predicted octanol–water partition coefficient (Wildman–Crippen LogP) is 12.5. The fourth-order valence-electron chi connectivity index (χ4n) is 6.53. The second-order valence-corrected chi connectivity index (χ2v) is 12.9. The molecule has 5 heteroatoms. The van der Waals surface area contributed by atoms with Gasteiger partial charge in [0.15, 0.2) is 17.5 Å². The summed E-state index contributed by atoms with van der Waals surface area (Å²) in [6.45, 7) is 0. The monoisotopic (exact) mass is 663 g/mol. The maximum Gasteiger partial charge on any atom is 0.164 e. The first-order chi connectivity index (χ1) is 27.3. The number of fused-ring (bicyclic) bond motifs is 6. The zero-order valence-corrected chi connectivity index (χ0v) is 27.1. The largest absolute Gasteiger partial charge is 0.456 e. The van der Waals surface area contributed by atoms with Crippen molar-refractivity contribution >= 4 is 53.4 Å². The molecule has 0 saturated carbocycles. The van der Waals surface area contributed by atoms with E-state index in [-0.39, 0.29) is 53.0 Å². The SMILES string of the molecule is [2H]c1c([2H])c(-c2ccccc2-c2ccccc2)c2c(sc3c([2H])c(-c4nc(-c5ccccc5)nc(-c5ccc6c(c5)oc5ccccc56)n4)c([2H])c([2H])c32)c1[2H]. The Hall–Kier alpha value is -6.43. The highest BCUT2D eigenvalue weighted by Crippen LogP contribution is 2.44. The Kier molecular flexibility index (Phi) is 5.35. The molecule has 0 radical (unpaired) electrons. The summed E-state index contributed by atoms with van der Waals surface area (Å²) < 4.78 is 62.5. The number of benzene rings is 7. The molecule has 7 aromatic carbocycles. The van der Waals surface area contributed by atoms with Gasteiger partial charge in [0.2, 0.25) is 0 Å². The van der Waals surface area contributed by atoms with Gasteiger partial charge in [-0.25, -0.2) is 15.0 Å². The Morgan fingerprint density at radius 3 is 1.94 bits per heavy atom. The van der Waals surface area contributed by atoms with Gasteiger partial charge in [0.1, 0.15) is 11.2 Å². The van der Waals surface area contributed by atoms with Crippen molar-refractivity contribution in [2.45, 2.75) is 0 Å². The first-order valence-corrected chi connectivity index (χ1v) is 16.9. The van der Waals surface area contributed by atoms with E-state index in [1.165, 1.54) is 0 Å². The molecule has 0 bridgehead atoms. The lowest BCUT2D eigenvalue weighted by Gasteiger charge is -2.12. The number of nitrogens with zero attached hydrogens (tertiary/aromatic N) is 3. The van der Waals surface area contributed by atoms with Gasteiger partial charge in [-0.05, 0) is 52.5 Å². The van der Waals surface area contributed by atoms with Crippen LogP contribution in [0.3, 0.4) is 0 Å². The van der Waals surface area contributed by atoms with Crippen LogP contribution >= 0.6 is 11.3 Å². The zero-order chi connectivity index (χ0) is 38.2. The number of rotatable bonds is 5. The molecule has 234 valence electrons. The van der Waals surface area contributed by atoms with E-state index in [9.17, 15) is 5.48 Å². The van der Waals surface area contributed by atoms with Crippen molar-refractivity contribution in [2.24, 2.45) is 0 Å². The Morgan fingerprint density at radius 1 is 0.460 bits per heavy atom. The van der Waals surface area contributed by atoms with Crippen LogP contribution in [0, 0.1) is 0 Å². The quantitative estimate of drug-likeness (QED) is 0.184. The summed E-state index contributed by atoms with van der Waals surface area (Å²) in [6, 6.07) is 39.2. The molecule has 10 rings (SSSR count). The van der Waals surface area contributed by atoms with Gasteiger partial charge in [0.05, 0.1) is 8.22 Å². The summed E-state index contributed by atoms with van der Waals surface area (Å²) >= 11 is 1.12. The number of hydrogen-bond donors (Lipinski definition) is 0. The van der Waals surface area contributed by atoms with Gasteiger partial charge in [-0.15, -0.1) is 11.3 Å². The first-order valence-electron chi connectivity index (χ1n) is 19.1. The zero-order valence-electron chi connectivity index (χ0n) is 32.3. The highest BCUT2D eigenvalue weighted by atomic mass is 32.1. The molecule has 0 N–H and O–H groups in total. The molecule has 0 aliphatic rings. The Bertz CT molecular complexity index is 3220. The fourth-order valence-corrected chi connectivity index (χ4v) is 7.55. The standard InChI is InChI=1S/C45H27N3OS/c1-3-12-28(13-4-1)32-16-7-8-17-33(32)36-19-11-21-40-42(36)37-25-23-31(27-41(37)50-40)45-47-43(29-14-5-2-6-15-29)46-44(48-45)30-22-24-35-34-18-9-10-20-38(34)49-39(35)26-30/h1-27H/i11D,19D,21D,23D,25D,27D. The lowest BCUT2D eigenvalue weighted by Crippen LogP contribution is -2.00. The average molecular weight is 664 g/mol. The summed E-state index contributed by atoms with van der Waals surface area (Å²) in [6.07, 6.45) is 0. The number of aromatic nitrogens is 3. The molecule has 0 fully saturated rings. The van der Waals surface area contributed by atoms with Crippen LogP contribution in [0.4, 0.5) is 0 Å². The second-order valence-electron chi connectivity index (χ2n) is 11.9. The summed E-state index contributed by atoms with van der Waals surface area (Å²) in [5.74, 6) is 0.705. The molecular formula is C45H27N3OS. The Labute approximate surface area is 300 Å². The van der Waals surface area contributed by atoms with Gasteiger partial charge in [-0.1, -0.05) is 133 Å². The van der Waals surface area contributed by atoms with E-state index in [1.54, 1.807) is 0 Å². The minimum Gasteiger partial charge on any atom is -0.456 e. The van der Waals surface area contributed by atoms with Crippen molar-refractivity contribution < 1.29 is 12.6 Å². The van der Waals surface area contributed by atoms with Crippen LogP contribution < -0.4 is 0 Å². The van der Waals surface area contributed by atoms with Gasteiger partial charge < -0.3 is 4.42 Å². The van der Waals surface area contributed by atoms with Crippen molar-refractivity contribution in [3.05, 3.63) is 164 Å². The fraction of sp³-hybridized carbons (Fsp3) is 0. The smallest absolute Gasteiger partial charge is 0.164 e. The van der Waals surface area contributed by atoms with Crippen molar-refractivity contribution in [2.75, 3.05) is 0 Å². The average Bonchev–Trinajstić information content (AvgIpc) is 3.82. The highest BCUT2D eigenvalue weighted by Gasteiger charge is 2.18. The van der Waals surface area contributed by atoms with Crippen LogP contribution in [-0.4, -0.2) is 15.0 Å². The van der Waals surface area contributed by atoms with E-state index in [0.29, 0.717) is 54.3 Å². The van der Waals surface area contributed by atoms with E-state index >= 15 is 0 Å². The van der Waals surface area contributed by atoms with Gasteiger partial charge >= 0.3 is 0 Å². The van der Waals surface area contributed by atoms with Crippen LogP contribution in [0.5, 0.6) is 0 Å². The molecular weight excluding hydrogens is 631 g/mol.